The molecular weight excluding hydrogens is 242 g/mol. The van der Waals surface area contributed by atoms with E-state index >= 15 is 0 Å². The van der Waals surface area contributed by atoms with Crippen molar-refractivity contribution in [1.29, 1.82) is 0 Å². The quantitative estimate of drug-likeness (QED) is 0.415. The molecule has 0 aromatic carbocycles. The van der Waals surface area contributed by atoms with Gasteiger partial charge in [0.1, 0.15) is 0 Å². The van der Waals surface area contributed by atoms with Crippen LogP contribution in [0, 0.1) is 5.92 Å². The number of rotatable bonds is 10. The van der Waals surface area contributed by atoms with Crippen molar-refractivity contribution in [2.45, 2.75) is 46.1 Å². The minimum Gasteiger partial charge on any atom is -0.396 e. The van der Waals surface area contributed by atoms with Crippen LogP contribution in [0.5, 0.6) is 0 Å². The molecule has 0 aliphatic carbocycles. The predicted octanol–water partition coefficient (Wildman–Crippen LogP) is 1.38. The fourth-order valence-corrected chi connectivity index (χ4v) is 1.98. The zero-order valence-corrected chi connectivity index (χ0v) is 12.9. The van der Waals surface area contributed by atoms with E-state index in [-0.39, 0.29) is 12.6 Å². The average molecular weight is 273 g/mol. The lowest BCUT2D eigenvalue weighted by Gasteiger charge is -2.18. The molecule has 2 unspecified atom stereocenters. The van der Waals surface area contributed by atoms with E-state index in [2.05, 4.69) is 36.4 Å². The third-order valence-electron chi connectivity index (χ3n) is 2.89. The van der Waals surface area contributed by atoms with Gasteiger partial charge in [0.05, 0.1) is 6.61 Å². The number of aliphatic hydroxyl groups is 1. The van der Waals surface area contributed by atoms with Crippen molar-refractivity contribution in [3.8, 4) is 0 Å². The van der Waals surface area contributed by atoms with Crippen molar-refractivity contribution in [3.63, 3.8) is 0 Å². The maximum Gasteiger partial charge on any atom is 0.191 e. The number of methoxy groups -OCH3 is 1. The van der Waals surface area contributed by atoms with Crippen molar-refractivity contribution < 1.29 is 9.84 Å². The Morgan fingerprint density at radius 1 is 1.32 bits per heavy atom. The predicted molar refractivity (Wildman–Crippen MR) is 80.6 cm³/mol. The normalized spacial score (nSPS) is 15.1. The monoisotopic (exact) mass is 273 g/mol. The maximum absolute atomic E-state index is 9.05. The first-order valence-corrected chi connectivity index (χ1v) is 7.32. The van der Waals surface area contributed by atoms with Gasteiger partial charge in [-0.2, -0.15) is 0 Å². The van der Waals surface area contributed by atoms with Gasteiger partial charge in [-0.05, 0) is 32.6 Å². The minimum atomic E-state index is 0.227. The van der Waals surface area contributed by atoms with Gasteiger partial charge in [-0.15, -0.1) is 0 Å². The van der Waals surface area contributed by atoms with Crippen molar-refractivity contribution in [2.75, 3.05) is 33.4 Å². The van der Waals surface area contributed by atoms with Gasteiger partial charge >= 0.3 is 0 Å². The fraction of sp³-hybridized carbons (Fsp3) is 0.929. The van der Waals surface area contributed by atoms with Gasteiger partial charge in [-0.1, -0.05) is 13.3 Å². The smallest absolute Gasteiger partial charge is 0.191 e. The van der Waals surface area contributed by atoms with E-state index in [1.807, 2.05) is 0 Å². The highest BCUT2D eigenvalue weighted by Gasteiger charge is 2.08. The molecule has 0 saturated heterocycles. The summed E-state index contributed by atoms with van der Waals surface area (Å²) in [6, 6.07) is 0.227. The topological polar surface area (TPSA) is 65.9 Å². The molecular formula is C14H31N3O2. The summed E-state index contributed by atoms with van der Waals surface area (Å²) in [4.78, 5) is 4.60. The third-order valence-corrected chi connectivity index (χ3v) is 2.89. The third kappa shape index (κ3) is 9.73. The first-order valence-electron chi connectivity index (χ1n) is 7.32. The van der Waals surface area contributed by atoms with E-state index in [0.29, 0.717) is 12.5 Å². The van der Waals surface area contributed by atoms with Gasteiger partial charge in [0.2, 0.25) is 0 Å². The SMILES string of the molecule is CCCC(CCO)CN=C(NCC)NC(C)COC. The zero-order chi connectivity index (χ0) is 14.5. The fourth-order valence-electron chi connectivity index (χ4n) is 1.98. The van der Waals surface area contributed by atoms with Gasteiger partial charge in [0.25, 0.3) is 0 Å². The highest BCUT2D eigenvalue weighted by molar-refractivity contribution is 5.80. The molecule has 0 aliphatic rings. The molecule has 0 saturated carbocycles. The Morgan fingerprint density at radius 3 is 2.58 bits per heavy atom. The number of aliphatic imine (C=N–C) groups is 1. The number of aliphatic hydroxyl groups excluding tert-OH is 1. The molecule has 0 bridgehead atoms. The summed E-state index contributed by atoms with van der Waals surface area (Å²) in [5, 5.41) is 15.6. The van der Waals surface area contributed by atoms with Crippen LogP contribution in [0.15, 0.2) is 4.99 Å². The molecule has 0 spiro atoms. The number of nitrogens with zero attached hydrogens (tertiary/aromatic N) is 1. The molecule has 114 valence electrons. The van der Waals surface area contributed by atoms with E-state index in [9.17, 15) is 0 Å². The van der Waals surface area contributed by atoms with Crippen LogP contribution >= 0.6 is 0 Å². The van der Waals surface area contributed by atoms with E-state index in [0.717, 1.165) is 38.3 Å². The Balaban J connectivity index is 4.35. The van der Waals surface area contributed by atoms with Crippen LogP contribution in [0.1, 0.15) is 40.0 Å². The van der Waals surface area contributed by atoms with E-state index in [4.69, 9.17) is 9.84 Å². The van der Waals surface area contributed by atoms with E-state index in [1.54, 1.807) is 7.11 Å². The molecule has 0 heterocycles. The first-order chi connectivity index (χ1) is 9.17. The molecule has 5 heteroatoms. The minimum absolute atomic E-state index is 0.227. The summed E-state index contributed by atoms with van der Waals surface area (Å²) in [6.07, 6.45) is 3.06. The lowest BCUT2D eigenvalue weighted by Crippen LogP contribution is -2.44. The average Bonchev–Trinajstić information content (AvgIpc) is 2.36. The second-order valence-corrected chi connectivity index (χ2v) is 4.89. The zero-order valence-electron chi connectivity index (χ0n) is 12.9. The van der Waals surface area contributed by atoms with Crippen LogP contribution in [-0.4, -0.2) is 50.5 Å². The van der Waals surface area contributed by atoms with Gasteiger partial charge in [0, 0.05) is 32.8 Å². The first kappa shape index (κ1) is 18.2. The number of nitrogens with one attached hydrogen (secondary N) is 2. The number of guanidine groups is 1. The highest BCUT2D eigenvalue weighted by Crippen LogP contribution is 2.10. The van der Waals surface area contributed by atoms with Crippen LogP contribution in [0.25, 0.3) is 0 Å². The van der Waals surface area contributed by atoms with Crippen LogP contribution in [0.4, 0.5) is 0 Å². The standard InChI is InChI=1S/C14H31N3O2/c1-5-7-13(8-9-18)10-16-14(15-6-2)17-12(3)11-19-4/h12-13,18H,5-11H2,1-4H3,(H2,15,16,17). The molecule has 0 fully saturated rings. The van der Waals surface area contributed by atoms with Gasteiger partial charge < -0.3 is 20.5 Å². The Morgan fingerprint density at radius 2 is 2.05 bits per heavy atom. The number of ether oxygens (including phenoxy) is 1. The van der Waals surface area contributed by atoms with Crippen LogP contribution in [0.3, 0.4) is 0 Å². The molecule has 0 rings (SSSR count). The van der Waals surface area contributed by atoms with Gasteiger partial charge in [-0.3, -0.25) is 4.99 Å². The second kappa shape index (κ2) is 12.2. The number of hydrogen-bond acceptors (Lipinski definition) is 3. The Kier molecular flexibility index (Phi) is 11.7. The summed E-state index contributed by atoms with van der Waals surface area (Å²) < 4.78 is 5.11. The Bertz CT molecular complexity index is 229. The lowest BCUT2D eigenvalue weighted by atomic mass is 10.0. The van der Waals surface area contributed by atoms with Gasteiger partial charge in [-0.25, -0.2) is 0 Å². The highest BCUT2D eigenvalue weighted by atomic mass is 16.5. The molecule has 0 amide bonds. The largest absolute Gasteiger partial charge is 0.396 e. The van der Waals surface area contributed by atoms with Crippen molar-refractivity contribution in [2.24, 2.45) is 10.9 Å². The number of hydrogen-bond donors (Lipinski definition) is 3. The summed E-state index contributed by atoms with van der Waals surface area (Å²) in [5.41, 5.74) is 0. The maximum atomic E-state index is 9.05. The van der Waals surface area contributed by atoms with Crippen molar-refractivity contribution >= 4 is 5.96 Å². The summed E-state index contributed by atoms with van der Waals surface area (Å²) in [6.45, 7) is 8.76. The molecule has 2 atom stereocenters. The molecule has 5 nitrogen and oxygen atoms in total. The van der Waals surface area contributed by atoms with Crippen molar-refractivity contribution in [1.82, 2.24) is 10.6 Å². The van der Waals surface area contributed by atoms with Crippen molar-refractivity contribution in [3.05, 3.63) is 0 Å². The molecule has 19 heavy (non-hydrogen) atoms. The van der Waals surface area contributed by atoms with Crippen LogP contribution < -0.4 is 10.6 Å². The second-order valence-electron chi connectivity index (χ2n) is 4.89. The lowest BCUT2D eigenvalue weighted by molar-refractivity contribution is 0.179. The van der Waals surface area contributed by atoms with Crippen LogP contribution in [0.2, 0.25) is 0 Å². The molecule has 0 aliphatic heterocycles. The molecule has 0 radical (unpaired) electrons. The molecule has 3 N–H and O–H groups in total. The van der Waals surface area contributed by atoms with Crippen LogP contribution in [-0.2, 0) is 4.74 Å². The van der Waals surface area contributed by atoms with Gasteiger partial charge in [0.15, 0.2) is 5.96 Å². The van der Waals surface area contributed by atoms with E-state index < -0.39 is 0 Å². The molecule has 0 aromatic rings. The molecule has 0 aromatic heterocycles. The Labute approximate surface area is 117 Å². The summed E-state index contributed by atoms with van der Waals surface area (Å²) in [5.74, 6) is 1.29. The van der Waals surface area contributed by atoms with E-state index in [1.165, 1.54) is 0 Å². The summed E-state index contributed by atoms with van der Waals surface area (Å²) >= 11 is 0. The Hall–Kier alpha value is -0.810. The summed E-state index contributed by atoms with van der Waals surface area (Å²) in [7, 11) is 1.70.